The van der Waals surface area contributed by atoms with Gasteiger partial charge in [0.15, 0.2) is 5.75 Å². The van der Waals surface area contributed by atoms with Crippen LogP contribution in [-0.2, 0) is 14.9 Å². The second kappa shape index (κ2) is 8.86. The largest absolute Gasteiger partial charge is 0.461 e. The number of hydrogen-bond acceptors (Lipinski definition) is 7. The van der Waals surface area contributed by atoms with E-state index in [1.807, 2.05) is 0 Å². The predicted molar refractivity (Wildman–Crippen MR) is 110 cm³/mol. The van der Waals surface area contributed by atoms with E-state index >= 15 is 0 Å². The molecule has 0 radical (unpaired) electrons. The van der Waals surface area contributed by atoms with Gasteiger partial charge in [0.25, 0.3) is 5.56 Å². The Kier molecular flexibility index (Phi) is 6.45. The summed E-state index contributed by atoms with van der Waals surface area (Å²) in [5, 5.41) is 3.91. The molecule has 0 aliphatic carbocycles. The molecule has 8 nitrogen and oxygen atoms in total. The van der Waals surface area contributed by atoms with E-state index in [-0.39, 0.29) is 16.7 Å². The smallest absolute Gasteiger partial charge is 0.362 e. The van der Waals surface area contributed by atoms with Gasteiger partial charge in [-0.2, -0.15) is 18.2 Å². The maximum atomic E-state index is 12.7. The summed E-state index contributed by atoms with van der Waals surface area (Å²) in [6, 6.07) is 12.9. The van der Waals surface area contributed by atoms with Crippen LogP contribution in [0.1, 0.15) is 17.4 Å². The minimum atomic E-state index is -4.54. The van der Waals surface area contributed by atoms with Crippen LogP contribution in [0.15, 0.2) is 64.3 Å². The SMILES string of the molecule is CCOC(=O)c1nn(-c2ccccc2)c(=O)cc1OS(=O)(=O)c1cc(Cl)ccc1Cl. The first-order chi connectivity index (χ1) is 14.2. The lowest BCUT2D eigenvalue weighted by Gasteiger charge is -2.13. The van der Waals surface area contributed by atoms with Crippen LogP contribution in [0.5, 0.6) is 5.75 Å². The third kappa shape index (κ3) is 4.64. The number of aromatic nitrogens is 2. The molecule has 1 heterocycles. The highest BCUT2D eigenvalue weighted by Crippen LogP contribution is 2.28. The van der Waals surface area contributed by atoms with E-state index in [9.17, 15) is 18.0 Å². The van der Waals surface area contributed by atoms with Crippen molar-refractivity contribution in [1.82, 2.24) is 9.78 Å². The number of ether oxygens (including phenoxy) is 1. The molecule has 0 aliphatic rings. The molecule has 0 saturated heterocycles. The topological polar surface area (TPSA) is 105 Å². The minimum absolute atomic E-state index is 0.00269. The van der Waals surface area contributed by atoms with Crippen LogP contribution in [0.4, 0.5) is 0 Å². The number of nitrogens with zero attached hydrogens (tertiary/aromatic N) is 2. The Morgan fingerprint density at radius 3 is 2.47 bits per heavy atom. The van der Waals surface area contributed by atoms with E-state index in [1.54, 1.807) is 37.3 Å². The first kappa shape index (κ1) is 21.8. The van der Waals surface area contributed by atoms with E-state index in [0.717, 1.165) is 16.8 Å². The Morgan fingerprint density at radius 2 is 1.80 bits per heavy atom. The lowest BCUT2D eigenvalue weighted by atomic mass is 10.3. The van der Waals surface area contributed by atoms with Crippen LogP contribution in [0.25, 0.3) is 5.69 Å². The van der Waals surface area contributed by atoms with Crippen molar-refractivity contribution in [1.29, 1.82) is 0 Å². The van der Waals surface area contributed by atoms with Gasteiger partial charge in [0.1, 0.15) is 4.90 Å². The molecule has 0 N–H and O–H groups in total. The standard InChI is InChI=1S/C19H14Cl2N2O6S/c1-2-28-19(25)18-15(11-17(24)23(22-18)13-6-4-3-5-7-13)29-30(26,27)16-10-12(20)8-9-14(16)21/h3-11H,2H2,1H3. The first-order valence-electron chi connectivity index (χ1n) is 8.49. The van der Waals surface area contributed by atoms with E-state index in [4.69, 9.17) is 32.1 Å². The predicted octanol–water partition coefficient (Wildman–Crippen LogP) is 3.48. The molecule has 0 fully saturated rings. The number of hydrogen-bond donors (Lipinski definition) is 0. The van der Waals surface area contributed by atoms with Crippen LogP contribution >= 0.6 is 23.2 Å². The summed E-state index contributed by atoms with van der Waals surface area (Å²) in [5.41, 5.74) is -0.862. The quantitative estimate of drug-likeness (QED) is 0.402. The Bertz CT molecular complexity index is 1260. The molecule has 1 aromatic heterocycles. The zero-order chi connectivity index (χ0) is 21.9. The van der Waals surface area contributed by atoms with Gasteiger partial charge in [0, 0.05) is 5.02 Å². The monoisotopic (exact) mass is 468 g/mol. The fourth-order valence-electron chi connectivity index (χ4n) is 2.43. The summed E-state index contributed by atoms with van der Waals surface area (Å²) in [7, 11) is -4.54. The third-order valence-electron chi connectivity index (χ3n) is 3.73. The summed E-state index contributed by atoms with van der Waals surface area (Å²) >= 11 is 11.8. The Hall–Kier alpha value is -2.88. The molecular weight excluding hydrogens is 455 g/mol. The first-order valence-corrected chi connectivity index (χ1v) is 10.7. The van der Waals surface area contributed by atoms with Gasteiger partial charge in [-0.3, -0.25) is 4.79 Å². The lowest BCUT2D eigenvalue weighted by molar-refractivity contribution is 0.0515. The van der Waals surface area contributed by atoms with Gasteiger partial charge in [-0.1, -0.05) is 41.4 Å². The molecule has 0 aliphatic heterocycles. The average Bonchev–Trinajstić information content (AvgIpc) is 2.70. The maximum Gasteiger partial charge on any atom is 0.362 e. The number of para-hydroxylation sites is 1. The van der Waals surface area contributed by atoms with Crippen molar-refractivity contribution in [2.45, 2.75) is 11.8 Å². The number of rotatable bonds is 6. The normalized spacial score (nSPS) is 11.2. The molecule has 0 amide bonds. The summed E-state index contributed by atoms with van der Waals surface area (Å²) in [6.45, 7) is 1.56. The van der Waals surface area contributed by atoms with Gasteiger partial charge in [-0.05, 0) is 37.3 Å². The van der Waals surface area contributed by atoms with Crippen LogP contribution in [0.2, 0.25) is 10.0 Å². The molecule has 0 unspecified atom stereocenters. The van der Waals surface area contributed by atoms with Crippen molar-refractivity contribution in [2.75, 3.05) is 6.61 Å². The molecule has 3 aromatic rings. The number of benzene rings is 2. The van der Waals surface area contributed by atoms with E-state index in [0.29, 0.717) is 5.69 Å². The molecule has 3 rings (SSSR count). The number of esters is 1. The average molecular weight is 469 g/mol. The highest BCUT2D eigenvalue weighted by atomic mass is 35.5. The van der Waals surface area contributed by atoms with Crippen molar-refractivity contribution in [3.05, 3.63) is 80.7 Å². The van der Waals surface area contributed by atoms with Gasteiger partial charge in [-0.25, -0.2) is 4.79 Å². The molecule has 11 heteroatoms. The number of carbonyl (C=O) groups excluding carboxylic acids is 1. The maximum absolute atomic E-state index is 12.7. The molecule has 30 heavy (non-hydrogen) atoms. The van der Waals surface area contributed by atoms with E-state index in [1.165, 1.54) is 12.1 Å². The van der Waals surface area contributed by atoms with Crippen molar-refractivity contribution >= 4 is 39.3 Å². The van der Waals surface area contributed by atoms with E-state index < -0.39 is 38.0 Å². The lowest BCUT2D eigenvalue weighted by Crippen LogP contribution is -2.26. The van der Waals surface area contributed by atoms with Crippen LogP contribution in [-0.4, -0.2) is 30.8 Å². The Morgan fingerprint density at radius 1 is 1.10 bits per heavy atom. The molecule has 0 saturated carbocycles. The van der Waals surface area contributed by atoms with E-state index in [2.05, 4.69) is 5.10 Å². The Labute approximate surface area is 181 Å². The zero-order valence-electron chi connectivity index (χ0n) is 15.4. The number of halogens is 2. The second-order valence-electron chi connectivity index (χ2n) is 5.78. The zero-order valence-corrected chi connectivity index (χ0v) is 17.7. The van der Waals surface area contributed by atoms with Crippen LogP contribution in [0, 0.1) is 0 Å². The van der Waals surface area contributed by atoms with Gasteiger partial charge >= 0.3 is 16.1 Å². The van der Waals surface area contributed by atoms with Crippen molar-refractivity contribution in [3.8, 4) is 11.4 Å². The van der Waals surface area contributed by atoms with Crippen LogP contribution < -0.4 is 9.74 Å². The molecule has 0 spiro atoms. The summed E-state index contributed by atoms with van der Waals surface area (Å²) in [6.07, 6.45) is 0. The third-order valence-corrected chi connectivity index (χ3v) is 5.68. The molecule has 156 valence electrons. The van der Waals surface area contributed by atoms with Crippen molar-refractivity contribution in [2.24, 2.45) is 0 Å². The fourth-order valence-corrected chi connectivity index (χ4v) is 4.10. The summed E-state index contributed by atoms with van der Waals surface area (Å²) in [4.78, 5) is 24.5. The Balaban J connectivity index is 2.14. The van der Waals surface area contributed by atoms with Crippen molar-refractivity contribution < 1.29 is 22.1 Å². The minimum Gasteiger partial charge on any atom is -0.461 e. The summed E-state index contributed by atoms with van der Waals surface area (Å²) in [5.74, 6) is -1.56. The second-order valence-corrected chi connectivity index (χ2v) is 8.13. The van der Waals surface area contributed by atoms with Gasteiger partial charge in [0.2, 0.25) is 5.69 Å². The van der Waals surface area contributed by atoms with Gasteiger partial charge in [0.05, 0.1) is 23.4 Å². The summed E-state index contributed by atoms with van der Waals surface area (Å²) < 4.78 is 36.3. The fraction of sp³-hybridized carbons (Fsp3) is 0.105. The molecule has 2 aromatic carbocycles. The molecule has 0 atom stereocenters. The molecule has 0 bridgehead atoms. The van der Waals surface area contributed by atoms with Crippen molar-refractivity contribution in [3.63, 3.8) is 0 Å². The highest BCUT2D eigenvalue weighted by Gasteiger charge is 2.27. The van der Waals surface area contributed by atoms with Gasteiger partial charge in [-0.15, -0.1) is 0 Å². The van der Waals surface area contributed by atoms with Crippen LogP contribution in [0.3, 0.4) is 0 Å². The van der Waals surface area contributed by atoms with Gasteiger partial charge < -0.3 is 8.92 Å². The highest BCUT2D eigenvalue weighted by molar-refractivity contribution is 7.87. The molecular formula is C19H14Cl2N2O6S. The number of carbonyl (C=O) groups is 1.